The summed E-state index contributed by atoms with van der Waals surface area (Å²) >= 11 is 0. The number of rotatable bonds is 5. The zero-order valence-electron chi connectivity index (χ0n) is 14.6. The molecule has 0 radical (unpaired) electrons. The van der Waals surface area contributed by atoms with E-state index < -0.39 is 0 Å². The first-order valence-corrected chi connectivity index (χ1v) is 8.71. The molecular weight excluding hydrogens is 443 g/mol. The van der Waals surface area contributed by atoms with Crippen LogP contribution in [0.25, 0.3) is 0 Å². The van der Waals surface area contributed by atoms with E-state index >= 15 is 0 Å². The molecule has 140 valence electrons. The molecule has 1 heterocycles. The van der Waals surface area contributed by atoms with E-state index in [0.29, 0.717) is 24.2 Å². The molecule has 26 heavy (non-hydrogen) atoms. The number of hydrogen-bond acceptors (Lipinski definition) is 3. The van der Waals surface area contributed by atoms with Crippen molar-refractivity contribution in [2.45, 2.75) is 44.7 Å². The first-order valence-electron chi connectivity index (χ1n) is 8.71. The normalized spacial score (nSPS) is 15.2. The molecule has 1 saturated carbocycles. The number of aliphatic imine (C=N–C) groups is 1. The molecule has 0 saturated heterocycles. The van der Waals surface area contributed by atoms with Gasteiger partial charge in [0.2, 0.25) is 0 Å². The summed E-state index contributed by atoms with van der Waals surface area (Å²) < 4.78 is 5.07. The van der Waals surface area contributed by atoms with Crippen molar-refractivity contribution >= 4 is 41.5 Å². The summed E-state index contributed by atoms with van der Waals surface area (Å²) in [5, 5.41) is 6.09. The monoisotopic (exact) mass is 468 g/mol. The second-order valence-corrected chi connectivity index (χ2v) is 6.31. The molecule has 1 aromatic carbocycles. The van der Waals surface area contributed by atoms with E-state index in [1.54, 1.807) is 12.1 Å². The van der Waals surface area contributed by atoms with Gasteiger partial charge in [-0.05, 0) is 42.7 Å². The average molecular weight is 468 g/mol. The van der Waals surface area contributed by atoms with Crippen LogP contribution in [0.1, 0.15) is 48.2 Å². The maximum atomic E-state index is 11.9. The van der Waals surface area contributed by atoms with Gasteiger partial charge >= 0.3 is 0 Å². The van der Waals surface area contributed by atoms with Crippen LogP contribution in [0.3, 0.4) is 0 Å². The largest absolute Gasteiger partial charge is 0.459 e. The van der Waals surface area contributed by atoms with E-state index in [4.69, 9.17) is 10.2 Å². The second-order valence-electron chi connectivity index (χ2n) is 6.31. The minimum Gasteiger partial charge on any atom is -0.459 e. The quantitative estimate of drug-likeness (QED) is 0.353. The fourth-order valence-corrected chi connectivity index (χ4v) is 2.97. The molecule has 0 unspecified atom stereocenters. The van der Waals surface area contributed by atoms with Gasteiger partial charge in [-0.15, -0.1) is 24.0 Å². The van der Waals surface area contributed by atoms with Crippen molar-refractivity contribution in [1.82, 2.24) is 5.32 Å². The minimum atomic E-state index is -0.267. The van der Waals surface area contributed by atoms with Crippen molar-refractivity contribution in [2.75, 3.05) is 5.32 Å². The van der Waals surface area contributed by atoms with Crippen molar-refractivity contribution < 1.29 is 9.21 Å². The Morgan fingerprint density at radius 3 is 2.54 bits per heavy atom. The third-order valence-electron chi connectivity index (χ3n) is 4.35. The van der Waals surface area contributed by atoms with E-state index in [2.05, 4.69) is 15.6 Å². The lowest BCUT2D eigenvalue weighted by Crippen LogP contribution is -2.41. The van der Waals surface area contributed by atoms with E-state index in [0.717, 1.165) is 5.56 Å². The summed E-state index contributed by atoms with van der Waals surface area (Å²) in [6.45, 7) is 0.512. The lowest BCUT2D eigenvalue weighted by atomic mass is 9.96. The molecule has 0 aliphatic heterocycles. The average Bonchev–Trinajstić information content (AvgIpc) is 3.17. The first-order chi connectivity index (χ1) is 12.2. The lowest BCUT2D eigenvalue weighted by molar-refractivity contribution is 0.0996. The topological polar surface area (TPSA) is 92.6 Å². The Morgan fingerprint density at radius 2 is 1.88 bits per heavy atom. The molecule has 0 spiro atoms. The maximum absolute atomic E-state index is 11.9. The van der Waals surface area contributed by atoms with Crippen LogP contribution < -0.4 is 16.4 Å². The molecule has 1 aliphatic carbocycles. The van der Waals surface area contributed by atoms with Crippen LogP contribution in [-0.2, 0) is 6.54 Å². The third-order valence-corrected chi connectivity index (χ3v) is 4.35. The summed E-state index contributed by atoms with van der Waals surface area (Å²) in [7, 11) is 0. The Hall–Kier alpha value is -2.03. The summed E-state index contributed by atoms with van der Waals surface area (Å²) in [5.41, 5.74) is 7.72. The first kappa shape index (κ1) is 20.3. The Morgan fingerprint density at radius 1 is 1.15 bits per heavy atom. The molecule has 3 rings (SSSR count). The van der Waals surface area contributed by atoms with Gasteiger partial charge in [-0.3, -0.25) is 4.79 Å². The zero-order valence-corrected chi connectivity index (χ0v) is 16.9. The summed E-state index contributed by atoms with van der Waals surface area (Å²) in [6.07, 6.45) is 7.65. The number of benzene rings is 1. The van der Waals surface area contributed by atoms with Gasteiger partial charge in [-0.25, -0.2) is 4.99 Å². The molecule has 1 amide bonds. The van der Waals surface area contributed by atoms with Gasteiger partial charge in [0.25, 0.3) is 5.91 Å². The number of amides is 1. The van der Waals surface area contributed by atoms with Gasteiger partial charge in [-0.1, -0.05) is 31.4 Å². The van der Waals surface area contributed by atoms with E-state index in [9.17, 15) is 4.79 Å². The number of nitrogens with zero attached hydrogens (tertiary/aromatic N) is 1. The number of carbonyl (C=O) groups is 1. The number of furan rings is 1. The summed E-state index contributed by atoms with van der Waals surface area (Å²) in [6, 6.07) is 11.3. The summed E-state index contributed by atoms with van der Waals surface area (Å²) in [5.74, 6) is 0.522. The van der Waals surface area contributed by atoms with Crippen molar-refractivity contribution in [2.24, 2.45) is 10.7 Å². The van der Waals surface area contributed by atoms with Gasteiger partial charge < -0.3 is 20.8 Å². The van der Waals surface area contributed by atoms with Gasteiger partial charge in [-0.2, -0.15) is 0 Å². The summed E-state index contributed by atoms with van der Waals surface area (Å²) in [4.78, 5) is 16.3. The molecule has 7 heteroatoms. The number of carbonyl (C=O) groups excluding carboxylic acids is 1. The SMILES string of the molecule is I.NC(=NCc1ccc(NC(=O)c2ccco2)cc1)NC1CCCCC1. The number of guanidine groups is 1. The smallest absolute Gasteiger partial charge is 0.291 e. The standard InChI is InChI=1S/C19H24N4O2.HI/c20-19(23-15-5-2-1-3-6-15)21-13-14-8-10-16(11-9-14)22-18(24)17-7-4-12-25-17;/h4,7-12,15H,1-3,5-6,13H2,(H,22,24)(H3,20,21,23);1H. The molecule has 4 N–H and O–H groups in total. The van der Waals surface area contributed by atoms with Crippen molar-refractivity contribution in [1.29, 1.82) is 0 Å². The molecule has 2 aromatic rings. The van der Waals surface area contributed by atoms with Crippen LogP contribution in [0.4, 0.5) is 5.69 Å². The molecular formula is C19H25IN4O2. The third kappa shape index (κ3) is 6.05. The maximum Gasteiger partial charge on any atom is 0.291 e. The predicted molar refractivity (Wildman–Crippen MR) is 114 cm³/mol. The Bertz CT molecular complexity index is 708. The Balaban J connectivity index is 0.00000243. The van der Waals surface area contributed by atoms with E-state index in [1.807, 2.05) is 24.3 Å². The molecule has 1 aliphatic rings. The highest BCUT2D eigenvalue weighted by molar-refractivity contribution is 14.0. The van der Waals surface area contributed by atoms with Crippen LogP contribution >= 0.6 is 24.0 Å². The Labute approximate surface area is 170 Å². The molecule has 1 aromatic heterocycles. The van der Waals surface area contributed by atoms with Crippen molar-refractivity contribution in [3.05, 3.63) is 54.0 Å². The fourth-order valence-electron chi connectivity index (χ4n) is 2.97. The van der Waals surface area contributed by atoms with Crippen LogP contribution in [0, 0.1) is 0 Å². The molecule has 0 bridgehead atoms. The highest BCUT2D eigenvalue weighted by atomic mass is 127. The highest BCUT2D eigenvalue weighted by Crippen LogP contribution is 2.17. The van der Waals surface area contributed by atoms with Crippen LogP contribution in [0.15, 0.2) is 52.1 Å². The van der Waals surface area contributed by atoms with Gasteiger partial charge in [0.05, 0.1) is 12.8 Å². The number of nitrogens with two attached hydrogens (primary N) is 1. The van der Waals surface area contributed by atoms with E-state index in [-0.39, 0.29) is 35.6 Å². The number of halogens is 1. The molecule has 0 atom stereocenters. The number of hydrogen-bond donors (Lipinski definition) is 3. The van der Waals surface area contributed by atoms with Crippen molar-refractivity contribution in [3.63, 3.8) is 0 Å². The van der Waals surface area contributed by atoms with Crippen LogP contribution in [0.2, 0.25) is 0 Å². The van der Waals surface area contributed by atoms with Crippen molar-refractivity contribution in [3.8, 4) is 0 Å². The predicted octanol–water partition coefficient (Wildman–Crippen LogP) is 3.89. The number of nitrogens with one attached hydrogen (secondary N) is 2. The molecule has 6 nitrogen and oxygen atoms in total. The van der Waals surface area contributed by atoms with Crippen LogP contribution in [-0.4, -0.2) is 17.9 Å². The van der Waals surface area contributed by atoms with E-state index in [1.165, 1.54) is 38.4 Å². The minimum absolute atomic E-state index is 0. The fraction of sp³-hybridized carbons (Fsp3) is 0.368. The highest BCUT2D eigenvalue weighted by Gasteiger charge is 2.13. The second kappa shape index (κ2) is 10.2. The number of anilines is 1. The zero-order chi connectivity index (χ0) is 17.5. The van der Waals surface area contributed by atoms with Gasteiger partial charge in [0, 0.05) is 11.7 Å². The van der Waals surface area contributed by atoms with Gasteiger partial charge in [0.1, 0.15) is 0 Å². The molecule has 1 fully saturated rings. The van der Waals surface area contributed by atoms with Crippen LogP contribution in [0.5, 0.6) is 0 Å². The Kier molecular flexibility index (Phi) is 7.96. The lowest BCUT2D eigenvalue weighted by Gasteiger charge is -2.23. The van der Waals surface area contributed by atoms with Gasteiger partial charge in [0.15, 0.2) is 11.7 Å².